The van der Waals surface area contributed by atoms with Crippen LogP contribution < -0.4 is 5.32 Å². The molecule has 2 amide bonds. The molecule has 44 heavy (non-hydrogen) atoms. The Morgan fingerprint density at radius 3 is 2.36 bits per heavy atom. The molecule has 0 spiro atoms. The smallest absolute Gasteiger partial charge is 0.355 e. The van der Waals surface area contributed by atoms with E-state index < -0.39 is 42.0 Å². The van der Waals surface area contributed by atoms with Crippen LogP contribution in [0.5, 0.6) is 0 Å². The molecule has 0 radical (unpaired) electrons. The van der Waals surface area contributed by atoms with Gasteiger partial charge in [0.05, 0.1) is 6.04 Å². The number of hydrogen-bond acceptors (Lipinski definition) is 10. The minimum Gasteiger partial charge on any atom is -0.476 e. The normalized spacial score (nSPS) is 18.3. The van der Waals surface area contributed by atoms with Gasteiger partial charge in [0.1, 0.15) is 11.0 Å². The molecule has 2 N–H and O–H groups in total. The molecule has 1 aliphatic heterocycles. The van der Waals surface area contributed by atoms with Crippen molar-refractivity contribution < 1.29 is 38.6 Å². The van der Waals surface area contributed by atoms with E-state index in [1.807, 2.05) is 53.5 Å². The Balaban J connectivity index is 2.49. The number of aromatic carboxylic acids is 1. The summed E-state index contributed by atoms with van der Waals surface area (Å²) < 4.78 is 11.2. The number of nitrogens with zero attached hydrogens (tertiary/aromatic N) is 3. The van der Waals surface area contributed by atoms with Gasteiger partial charge in [-0.1, -0.05) is 54.4 Å². The van der Waals surface area contributed by atoms with Crippen LogP contribution in [0.25, 0.3) is 0 Å². The molecule has 0 unspecified atom stereocenters. The van der Waals surface area contributed by atoms with E-state index in [1.165, 1.54) is 17.2 Å². The van der Waals surface area contributed by atoms with Gasteiger partial charge >= 0.3 is 17.9 Å². The first-order valence-electron chi connectivity index (χ1n) is 15.5. The summed E-state index contributed by atoms with van der Waals surface area (Å²) in [5.74, 6) is -3.28. The largest absolute Gasteiger partial charge is 0.476 e. The molecule has 0 bridgehead atoms. The topological polar surface area (TPSA) is 155 Å². The molecule has 2 heterocycles. The lowest BCUT2D eigenvalue weighted by Crippen LogP contribution is -2.59. The highest BCUT2D eigenvalue weighted by Crippen LogP contribution is 2.31. The van der Waals surface area contributed by atoms with Gasteiger partial charge in [0.25, 0.3) is 0 Å². The van der Waals surface area contributed by atoms with Crippen LogP contribution in [0, 0.1) is 17.8 Å². The van der Waals surface area contributed by atoms with E-state index in [1.54, 1.807) is 0 Å². The van der Waals surface area contributed by atoms with Crippen LogP contribution in [0.4, 0.5) is 0 Å². The molecule has 0 saturated carbocycles. The highest BCUT2D eigenvalue weighted by Gasteiger charge is 2.39. The van der Waals surface area contributed by atoms with Crippen molar-refractivity contribution >= 4 is 41.1 Å². The van der Waals surface area contributed by atoms with Crippen LogP contribution in [0.2, 0.25) is 0 Å². The molecule has 0 aromatic carbocycles. The Kier molecular flexibility index (Phi) is 14.7. The standard InChI is InChI=1S/C31H50N4O8S/c1-9-20(6)27(33-28(38)23-12-10-11-13-34(23)8)30(39)35(17-42-26(37)14-18(2)3)24(19(4)5)15-25(43-21(7)36)29-32-22(16-44-29)31(40)41/h16,18-20,23-25,27H,9-15,17H2,1-8H3,(H,33,38)(H,40,41)/t20-,23+,24+,25+,27-/m0/s1. The van der Waals surface area contributed by atoms with E-state index in [2.05, 4.69) is 10.3 Å². The van der Waals surface area contributed by atoms with Crippen molar-refractivity contribution in [3.63, 3.8) is 0 Å². The highest BCUT2D eigenvalue weighted by atomic mass is 32.1. The number of likely N-dealkylation sites (N-methyl/N-ethyl adjacent to an activating group) is 1. The quantitative estimate of drug-likeness (QED) is 0.198. The van der Waals surface area contributed by atoms with Crippen LogP contribution in [-0.4, -0.2) is 88.1 Å². The average Bonchev–Trinajstić information content (AvgIpc) is 3.44. The Labute approximate surface area is 264 Å². The van der Waals surface area contributed by atoms with Crippen LogP contribution >= 0.6 is 11.3 Å². The molecule has 248 valence electrons. The average molecular weight is 639 g/mol. The zero-order chi connectivity index (χ0) is 33.1. The van der Waals surface area contributed by atoms with Gasteiger partial charge in [-0.3, -0.25) is 24.1 Å². The molecule has 1 aromatic heterocycles. The van der Waals surface area contributed by atoms with Gasteiger partial charge < -0.3 is 24.8 Å². The number of aromatic nitrogens is 1. The first-order chi connectivity index (χ1) is 20.7. The summed E-state index contributed by atoms with van der Waals surface area (Å²) in [6.07, 6.45) is 2.53. The number of ether oxygens (including phenoxy) is 2. The first kappa shape index (κ1) is 37.1. The van der Waals surface area contributed by atoms with Gasteiger partial charge in [0.2, 0.25) is 11.8 Å². The monoisotopic (exact) mass is 638 g/mol. The van der Waals surface area contributed by atoms with E-state index in [9.17, 15) is 29.1 Å². The van der Waals surface area contributed by atoms with Crippen LogP contribution in [0.3, 0.4) is 0 Å². The van der Waals surface area contributed by atoms with Crippen LogP contribution in [-0.2, 0) is 28.7 Å². The molecule has 1 aromatic rings. The number of rotatable bonds is 16. The molecular weight excluding hydrogens is 588 g/mol. The van der Waals surface area contributed by atoms with Crippen molar-refractivity contribution in [1.29, 1.82) is 0 Å². The molecule has 1 aliphatic rings. The second kappa shape index (κ2) is 17.4. The Morgan fingerprint density at radius 1 is 1.16 bits per heavy atom. The second-order valence-electron chi connectivity index (χ2n) is 12.4. The number of likely N-dealkylation sites (tertiary alicyclic amines) is 1. The third-order valence-corrected chi connectivity index (χ3v) is 8.96. The number of carbonyl (C=O) groups excluding carboxylic acids is 4. The molecule has 1 saturated heterocycles. The van der Waals surface area contributed by atoms with E-state index >= 15 is 0 Å². The number of carboxylic acid groups (broad SMARTS) is 1. The molecule has 12 nitrogen and oxygen atoms in total. The zero-order valence-corrected chi connectivity index (χ0v) is 28.1. The summed E-state index contributed by atoms with van der Waals surface area (Å²) in [7, 11) is 1.91. The van der Waals surface area contributed by atoms with Gasteiger partial charge in [0, 0.05) is 31.2 Å². The summed E-state index contributed by atoms with van der Waals surface area (Å²) in [6, 6.07) is -1.86. The third-order valence-electron chi connectivity index (χ3n) is 8.02. The van der Waals surface area contributed by atoms with Gasteiger partial charge in [-0.25, -0.2) is 9.78 Å². The number of thiazole rings is 1. The molecular formula is C31H50N4O8S. The Bertz CT molecular complexity index is 1140. The highest BCUT2D eigenvalue weighted by molar-refractivity contribution is 7.09. The van der Waals surface area contributed by atoms with Gasteiger partial charge in [-0.2, -0.15) is 0 Å². The lowest BCUT2D eigenvalue weighted by Gasteiger charge is -2.39. The summed E-state index contributed by atoms with van der Waals surface area (Å²) >= 11 is 1.05. The predicted molar refractivity (Wildman–Crippen MR) is 166 cm³/mol. The maximum absolute atomic E-state index is 14.5. The van der Waals surface area contributed by atoms with Crippen molar-refractivity contribution in [3.8, 4) is 0 Å². The number of carbonyl (C=O) groups is 5. The summed E-state index contributed by atoms with van der Waals surface area (Å²) in [5.41, 5.74) is -0.175. The van der Waals surface area contributed by atoms with Gasteiger partial charge in [-0.15, -0.1) is 11.3 Å². The summed E-state index contributed by atoms with van der Waals surface area (Å²) in [6.45, 7) is 13.1. The van der Waals surface area contributed by atoms with Gasteiger partial charge in [0.15, 0.2) is 18.5 Å². The zero-order valence-electron chi connectivity index (χ0n) is 27.3. The predicted octanol–water partition coefficient (Wildman–Crippen LogP) is 4.25. The SMILES string of the molecule is CC[C@H](C)[C@H](NC(=O)[C@H]1CCCCN1C)C(=O)N(COC(=O)CC(C)C)[C@H](C[C@@H](OC(C)=O)c1nc(C(=O)O)cs1)C(C)C. The number of hydrogen-bond donors (Lipinski definition) is 2. The molecule has 2 rings (SSSR count). The maximum atomic E-state index is 14.5. The van der Waals surface area contributed by atoms with Crippen molar-refractivity contribution in [2.24, 2.45) is 17.8 Å². The number of nitrogens with one attached hydrogen (secondary N) is 1. The second-order valence-corrected chi connectivity index (χ2v) is 13.3. The summed E-state index contributed by atoms with van der Waals surface area (Å²) in [4.78, 5) is 71.8. The van der Waals surface area contributed by atoms with E-state index in [0.29, 0.717) is 12.8 Å². The fraction of sp³-hybridized carbons (Fsp3) is 0.742. The minimum absolute atomic E-state index is 0.0499. The number of amides is 2. The van der Waals surface area contributed by atoms with Crippen molar-refractivity contribution in [1.82, 2.24) is 20.1 Å². The first-order valence-corrected chi connectivity index (χ1v) is 16.4. The van der Waals surface area contributed by atoms with Crippen molar-refractivity contribution in [2.45, 2.75) is 111 Å². The van der Waals surface area contributed by atoms with Crippen molar-refractivity contribution in [3.05, 3.63) is 16.1 Å². The fourth-order valence-corrected chi connectivity index (χ4v) is 6.12. The summed E-state index contributed by atoms with van der Waals surface area (Å²) in [5, 5.41) is 14.1. The van der Waals surface area contributed by atoms with E-state index in [0.717, 1.165) is 30.7 Å². The van der Waals surface area contributed by atoms with E-state index in [-0.39, 0.29) is 60.0 Å². The van der Waals surface area contributed by atoms with Crippen LogP contribution in [0.1, 0.15) is 109 Å². The molecule has 13 heteroatoms. The lowest BCUT2D eigenvalue weighted by atomic mass is 9.92. The Morgan fingerprint density at radius 2 is 1.84 bits per heavy atom. The fourth-order valence-electron chi connectivity index (χ4n) is 5.29. The van der Waals surface area contributed by atoms with Crippen molar-refractivity contribution in [2.75, 3.05) is 20.3 Å². The minimum atomic E-state index is -1.21. The third kappa shape index (κ3) is 10.8. The number of carboxylic acids is 1. The molecule has 1 fully saturated rings. The van der Waals surface area contributed by atoms with E-state index in [4.69, 9.17) is 9.47 Å². The number of piperidine rings is 1. The maximum Gasteiger partial charge on any atom is 0.355 e. The van der Waals surface area contributed by atoms with Crippen LogP contribution in [0.15, 0.2) is 5.38 Å². The number of esters is 2. The Hall–Kier alpha value is -3.06. The van der Waals surface area contributed by atoms with Gasteiger partial charge in [-0.05, 0) is 44.2 Å². The molecule has 5 atom stereocenters. The lowest BCUT2D eigenvalue weighted by molar-refractivity contribution is -0.160. The molecule has 0 aliphatic carbocycles.